The molecule has 2 N–H and O–H groups in total. The zero-order valence-corrected chi connectivity index (χ0v) is 21.2. The molecule has 0 aliphatic carbocycles. The second-order valence-corrected chi connectivity index (χ2v) is 9.36. The van der Waals surface area contributed by atoms with E-state index in [1.54, 1.807) is 36.4 Å². The molecule has 4 atom stereocenters. The average molecular weight is 525 g/mol. The summed E-state index contributed by atoms with van der Waals surface area (Å²) in [6.07, 6.45) is -0.596. The number of β-lactam (4-membered cyclic amide) rings is 1. The molecule has 2 aromatic carbocycles. The van der Waals surface area contributed by atoms with Gasteiger partial charge in [0.15, 0.2) is 5.78 Å². The van der Waals surface area contributed by atoms with Crippen LogP contribution in [0.4, 0.5) is 0 Å². The van der Waals surface area contributed by atoms with Gasteiger partial charge in [0.25, 0.3) is 0 Å². The van der Waals surface area contributed by atoms with Crippen LogP contribution in [0.15, 0.2) is 54.6 Å². The highest BCUT2D eigenvalue weighted by Crippen LogP contribution is 2.28. The van der Waals surface area contributed by atoms with Crippen molar-refractivity contribution in [3.05, 3.63) is 65.7 Å². The van der Waals surface area contributed by atoms with E-state index < -0.39 is 36.3 Å². The molecule has 2 fully saturated rings. The van der Waals surface area contributed by atoms with Gasteiger partial charge in [0.05, 0.1) is 19.6 Å². The van der Waals surface area contributed by atoms with Gasteiger partial charge in [-0.15, -0.1) is 0 Å². The number of aliphatic hydroxyl groups excluding tert-OH is 1. The summed E-state index contributed by atoms with van der Waals surface area (Å²) in [5, 5.41) is 13.4. The normalized spacial score (nSPS) is 21.4. The highest BCUT2D eigenvalue weighted by molar-refractivity contribution is 5.96. The second-order valence-electron chi connectivity index (χ2n) is 9.36. The number of benzene rings is 2. The molecule has 2 aromatic rings. The Bertz CT molecular complexity index is 1130. The Morgan fingerprint density at radius 3 is 2.50 bits per heavy atom. The summed E-state index contributed by atoms with van der Waals surface area (Å²) in [4.78, 5) is 51.8. The van der Waals surface area contributed by atoms with Crippen LogP contribution in [-0.2, 0) is 41.7 Å². The highest BCUT2D eigenvalue weighted by atomic mass is 16.6. The van der Waals surface area contributed by atoms with Crippen LogP contribution in [0.1, 0.15) is 36.8 Å². The van der Waals surface area contributed by atoms with Gasteiger partial charge in [0.2, 0.25) is 18.0 Å². The SMILES string of the molecule is COc1ccc(COC(=O)C(O)N2C(=O)[C@@H](NC(=O)Cc3ccccc3)[C@H]2CCC(=O)[C@@H]2CCCO2)cc1. The number of Topliss-reactive ketones (excluding diaryl/α,β-unsaturated/α-hetero) is 1. The largest absolute Gasteiger partial charge is 0.497 e. The number of nitrogens with one attached hydrogen (secondary N) is 1. The maximum atomic E-state index is 13.0. The van der Waals surface area contributed by atoms with Crippen LogP contribution in [0.2, 0.25) is 0 Å². The number of nitrogens with zero attached hydrogens (tertiary/aromatic N) is 1. The van der Waals surface area contributed by atoms with Crippen LogP contribution >= 0.6 is 0 Å². The first-order valence-corrected chi connectivity index (χ1v) is 12.6. The first kappa shape index (κ1) is 27.3. The van der Waals surface area contributed by atoms with Crippen molar-refractivity contribution in [1.29, 1.82) is 0 Å². The summed E-state index contributed by atoms with van der Waals surface area (Å²) in [6.45, 7) is 0.419. The lowest BCUT2D eigenvalue weighted by Gasteiger charge is -2.48. The number of hydrogen-bond donors (Lipinski definition) is 2. The van der Waals surface area contributed by atoms with E-state index in [1.807, 2.05) is 18.2 Å². The Kier molecular flexibility index (Phi) is 9.09. The summed E-state index contributed by atoms with van der Waals surface area (Å²) in [5.74, 6) is -1.45. The van der Waals surface area contributed by atoms with Crippen molar-refractivity contribution < 1.29 is 38.5 Å². The van der Waals surface area contributed by atoms with E-state index in [4.69, 9.17) is 14.2 Å². The minimum Gasteiger partial charge on any atom is -0.497 e. The molecule has 10 heteroatoms. The number of carbonyl (C=O) groups excluding carboxylic acids is 4. The second kappa shape index (κ2) is 12.7. The zero-order valence-electron chi connectivity index (χ0n) is 21.2. The maximum Gasteiger partial charge on any atom is 0.356 e. The van der Waals surface area contributed by atoms with E-state index >= 15 is 0 Å². The van der Waals surface area contributed by atoms with Gasteiger partial charge in [0.1, 0.15) is 24.5 Å². The fourth-order valence-electron chi connectivity index (χ4n) is 4.69. The molecule has 0 radical (unpaired) electrons. The molecule has 0 bridgehead atoms. The van der Waals surface area contributed by atoms with Crippen molar-refractivity contribution >= 4 is 23.6 Å². The number of aliphatic hydroxyl groups is 1. The minimum atomic E-state index is -1.87. The first-order chi connectivity index (χ1) is 18.4. The Labute approximate surface area is 220 Å². The van der Waals surface area contributed by atoms with Crippen LogP contribution in [0.25, 0.3) is 0 Å². The van der Waals surface area contributed by atoms with Crippen molar-refractivity contribution in [3.63, 3.8) is 0 Å². The summed E-state index contributed by atoms with van der Waals surface area (Å²) in [5.41, 5.74) is 1.45. The number of amides is 2. The van der Waals surface area contributed by atoms with E-state index in [9.17, 15) is 24.3 Å². The lowest BCUT2D eigenvalue weighted by atomic mass is 9.88. The molecule has 0 aromatic heterocycles. The van der Waals surface area contributed by atoms with Crippen LogP contribution in [-0.4, -0.2) is 71.7 Å². The summed E-state index contributed by atoms with van der Waals surface area (Å²) in [6, 6.07) is 14.2. The lowest BCUT2D eigenvalue weighted by Crippen LogP contribution is -2.74. The van der Waals surface area contributed by atoms with Crippen molar-refractivity contribution in [3.8, 4) is 5.75 Å². The van der Waals surface area contributed by atoms with Gasteiger partial charge in [-0.1, -0.05) is 42.5 Å². The third-order valence-corrected chi connectivity index (χ3v) is 6.78. The quantitative estimate of drug-likeness (QED) is 0.316. The molecule has 202 valence electrons. The van der Waals surface area contributed by atoms with Crippen LogP contribution in [0, 0.1) is 0 Å². The zero-order chi connectivity index (χ0) is 27.1. The molecule has 2 amide bonds. The molecule has 2 aliphatic heterocycles. The molecular formula is C28H32N2O8. The predicted molar refractivity (Wildman–Crippen MR) is 135 cm³/mol. The van der Waals surface area contributed by atoms with Gasteiger partial charge in [-0.25, -0.2) is 4.79 Å². The number of likely N-dealkylation sites (tertiary alicyclic amines) is 1. The van der Waals surface area contributed by atoms with Gasteiger partial charge >= 0.3 is 5.97 Å². The molecule has 1 unspecified atom stereocenters. The van der Waals surface area contributed by atoms with Gasteiger partial charge in [-0.2, -0.15) is 0 Å². The van der Waals surface area contributed by atoms with Gasteiger partial charge in [-0.05, 0) is 42.5 Å². The number of carbonyl (C=O) groups is 4. The lowest BCUT2D eigenvalue weighted by molar-refractivity contribution is -0.189. The molecule has 2 saturated heterocycles. The molecule has 2 aliphatic rings. The van der Waals surface area contributed by atoms with E-state index in [0.717, 1.165) is 16.9 Å². The summed E-state index contributed by atoms with van der Waals surface area (Å²) in [7, 11) is 1.54. The Hall–Kier alpha value is -3.76. The van der Waals surface area contributed by atoms with Gasteiger partial charge in [-0.3, -0.25) is 19.3 Å². The molecule has 2 heterocycles. The van der Waals surface area contributed by atoms with Crippen LogP contribution < -0.4 is 10.1 Å². The van der Waals surface area contributed by atoms with E-state index in [2.05, 4.69) is 5.32 Å². The topological polar surface area (TPSA) is 131 Å². The van der Waals surface area contributed by atoms with Crippen molar-refractivity contribution in [2.24, 2.45) is 0 Å². The summed E-state index contributed by atoms with van der Waals surface area (Å²) < 4.78 is 15.8. The van der Waals surface area contributed by atoms with Gasteiger partial charge in [0, 0.05) is 13.0 Å². The Morgan fingerprint density at radius 1 is 1.11 bits per heavy atom. The summed E-state index contributed by atoms with van der Waals surface area (Å²) >= 11 is 0. The smallest absolute Gasteiger partial charge is 0.356 e. The molecular weight excluding hydrogens is 492 g/mol. The van der Waals surface area contributed by atoms with E-state index in [0.29, 0.717) is 24.3 Å². The van der Waals surface area contributed by atoms with Crippen LogP contribution in [0.3, 0.4) is 0 Å². The van der Waals surface area contributed by atoms with Crippen LogP contribution in [0.5, 0.6) is 5.75 Å². The molecule has 10 nitrogen and oxygen atoms in total. The van der Waals surface area contributed by atoms with Crippen molar-refractivity contribution in [1.82, 2.24) is 10.2 Å². The van der Waals surface area contributed by atoms with Crippen molar-refractivity contribution in [2.75, 3.05) is 13.7 Å². The first-order valence-electron chi connectivity index (χ1n) is 12.6. The third-order valence-electron chi connectivity index (χ3n) is 6.78. The number of esters is 1. The van der Waals surface area contributed by atoms with Gasteiger partial charge < -0.3 is 24.6 Å². The Balaban J connectivity index is 1.39. The average Bonchev–Trinajstić information content (AvgIpc) is 3.48. The fourth-order valence-corrected chi connectivity index (χ4v) is 4.69. The van der Waals surface area contributed by atoms with E-state index in [1.165, 1.54) is 7.11 Å². The number of hydrogen-bond acceptors (Lipinski definition) is 8. The Morgan fingerprint density at radius 2 is 1.84 bits per heavy atom. The highest BCUT2D eigenvalue weighted by Gasteiger charge is 2.52. The minimum absolute atomic E-state index is 0.0681. The number of methoxy groups -OCH3 is 1. The maximum absolute atomic E-state index is 13.0. The van der Waals surface area contributed by atoms with Crippen molar-refractivity contribution in [2.45, 2.75) is 63.1 Å². The monoisotopic (exact) mass is 524 g/mol. The predicted octanol–water partition coefficient (Wildman–Crippen LogP) is 1.52. The molecule has 4 rings (SSSR count). The number of ketones is 1. The molecule has 0 spiro atoms. The molecule has 0 saturated carbocycles. The van der Waals surface area contributed by atoms with E-state index in [-0.39, 0.29) is 37.6 Å². The standard InChI is InChI=1S/C28H32N2O8/c1-36-20-11-9-19(10-12-20)17-38-28(35)27(34)30-21(13-14-22(31)23-8-5-15-37-23)25(26(30)33)29-24(32)16-18-6-3-2-4-7-18/h2-4,6-7,9-12,21,23,25,27,34H,5,8,13-17H2,1H3,(H,29,32)/t21-,23+,25+,27?/m1/s1. The fraction of sp³-hybridized carbons (Fsp3) is 0.429. The molecule has 38 heavy (non-hydrogen) atoms. The number of rotatable bonds is 12. The number of ether oxygens (including phenoxy) is 3. The third kappa shape index (κ3) is 6.56.